The minimum Gasteiger partial charge on any atom is -0.396 e. The van der Waals surface area contributed by atoms with Crippen molar-refractivity contribution in [3.63, 3.8) is 0 Å². The van der Waals surface area contributed by atoms with Crippen LogP contribution in [0.15, 0.2) is 48.5 Å². The molecule has 2 aromatic carbocycles. The lowest BCUT2D eigenvalue weighted by Gasteiger charge is -2.07. The minimum atomic E-state index is 0.353. The average molecular weight is 352 g/mol. The lowest BCUT2D eigenvalue weighted by atomic mass is 10.1. The largest absolute Gasteiger partial charge is 0.396 e. The molecule has 0 saturated heterocycles. The van der Waals surface area contributed by atoms with E-state index in [4.69, 9.17) is 5.11 Å². The van der Waals surface area contributed by atoms with Crippen molar-refractivity contribution in [2.45, 2.75) is 70.8 Å². The zero-order chi connectivity index (χ0) is 18.0. The molecule has 0 radical (unpaired) electrons. The molecule has 0 aliphatic rings. The summed E-state index contributed by atoms with van der Waals surface area (Å²) in [5.74, 6) is 0. The van der Waals surface area contributed by atoms with Gasteiger partial charge in [0.2, 0.25) is 0 Å². The molecule has 0 unspecified atom stereocenters. The van der Waals surface area contributed by atoms with Crippen LogP contribution >= 0.6 is 0 Å². The Morgan fingerprint density at radius 3 is 1.46 bits per heavy atom. The molecule has 3 rings (SSSR count). The second kappa shape index (κ2) is 10.4. The number of aryl methyl sites for hydroxylation is 1. The normalized spacial score (nSPS) is 11.6. The Morgan fingerprint density at radius 2 is 0.962 bits per heavy atom. The molecule has 140 valence electrons. The van der Waals surface area contributed by atoms with Crippen molar-refractivity contribution >= 4 is 21.8 Å². The van der Waals surface area contributed by atoms with Crippen molar-refractivity contribution < 1.29 is 5.11 Å². The molecule has 1 heterocycles. The van der Waals surface area contributed by atoms with Crippen molar-refractivity contribution in [2.75, 3.05) is 6.61 Å². The van der Waals surface area contributed by atoms with E-state index < -0.39 is 0 Å². The molecule has 2 heteroatoms. The fraction of sp³-hybridized carbons (Fsp3) is 0.500. The highest BCUT2D eigenvalue weighted by atomic mass is 16.2. The van der Waals surface area contributed by atoms with Crippen LogP contribution in [-0.4, -0.2) is 16.3 Å². The summed E-state index contributed by atoms with van der Waals surface area (Å²) in [4.78, 5) is 0. The lowest BCUT2D eigenvalue weighted by Crippen LogP contribution is -1.97. The van der Waals surface area contributed by atoms with Gasteiger partial charge in [-0.3, -0.25) is 0 Å². The van der Waals surface area contributed by atoms with E-state index in [0.717, 1.165) is 13.0 Å². The highest BCUT2D eigenvalue weighted by Gasteiger charge is 2.08. The van der Waals surface area contributed by atoms with Crippen molar-refractivity contribution in [1.82, 2.24) is 4.57 Å². The molecule has 1 N–H and O–H groups in total. The summed E-state index contributed by atoms with van der Waals surface area (Å²) in [6.07, 6.45) is 12.8. The van der Waals surface area contributed by atoms with Crippen molar-refractivity contribution in [1.29, 1.82) is 0 Å². The first-order valence-electron chi connectivity index (χ1n) is 10.5. The number of nitrogens with zero attached hydrogens (tertiary/aromatic N) is 1. The Hall–Kier alpha value is -1.80. The quantitative estimate of drug-likeness (QED) is 0.361. The van der Waals surface area contributed by atoms with E-state index >= 15 is 0 Å². The third kappa shape index (κ3) is 4.88. The maximum atomic E-state index is 8.77. The number of hydrogen-bond acceptors (Lipinski definition) is 1. The predicted molar refractivity (Wildman–Crippen MR) is 113 cm³/mol. The first-order valence-corrected chi connectivity index (χ1v) is 10.5. The van der Waals surface area contributed by atoms with Gasteiger partial charge in [-0.15, -0.1) is 0 Å². The molecule has 0 amide bonds. The SMILES string of the molecule is OCCCCCCCCCCCCn1c2ccccc2c2ccccc21. The van der Waals surface area contributed by atoms with Gasteiger partial charge < -0.3 is 9.67 Å². The van der Waals surface area contributed by atoms with Crippen molar-refractivity contribution in [3.05, 3.63) is 48.5 Å². The number of hydrogen-bond donors (Lipinski definition) is 1. The molecular formula is C24H33NO. The second-order valence-corrected chi connectivity index (χ2v) is 7.45. The van der Waals surface area contributed by atoms with Crippen LogP contribution in [0.4, 0.5) is 0 Å². The van der Waals surface area contributed by atoms with E-state index in [1.165, 1.54) is 79.6 Å². The number of unbranched alkanes of at least 4 members (excludes halogenated alkanes) is 9. The smallest absolute Gasteiger partial charge is 0.0491 e. The summed E-state index contributed by atoms with van der Waals surface area (Å²) in [6, 6.07) is 17.6. The Kier molecular flexibility index (Phi) is 7.57. The third-order valence-electron chi connectivity index (χ3n) is 5.47. The Bertz CT molecular complexity index is 736. The topological polar surface area (TPSA) is 25.2 Å². The van der Waals surface area contributed by atoms with Crippen LogP contribution in [0.25, 0.3) is 21.8 Å². The maximum absolute atomic E-state index is 8.77. The van der Waals surface area contributed by atoms with Crippen LogP contribution in [0.3, 0.4) is 0 Å². The van der Waals surface area contributed by atoms with E-state index in [2.05, 4.69) is 53.1 Å². The van der Waals surface area contributed by atoms with E-state index in [0.29, 0.717) is 6.61 Å². The fourth-order valence-electron chi connectivity index (χ4n) is 4.04. The second-order valence-electron chi connectivity index (χ2n) is 7.45. The van der Waals surface area contributed by atoms with Gasteiger partial charge in [-0.25, -0.2) is 0 Å². The zero-order valence-corrected chi connectivity index (χ0v) is 16.0. The molecule has 0 bridgehead atoms. The van der Waals surface area contributed by atoms with E-state index in [-0.39, 0.29) is 0 Å². The lowest BCUT2D eigenvalue weighted by molar-refractivity contribution is 0.282. The van der Waals surface area contributed by atoms with Gasteiger partial charge >= 0.3 is 0 Å². The summed E-state index contributed by atoms with van der Waals surface area (Å²) in [6.45, 7) is 1.47. The molecule has 0 aliphatic carbocycles. The summed E-state index contributed by atoms with van der Waals surface area (Å²) >= 11 is 0. The van der Waals surface area contributed by atoms with Gasteiger partial charge in [-0.2, -0.15) is 0 Å². The summed E-state index contributed by atoms with van der Waals surface area (Å²) in [5.41, 5.74) is 2.74. The molecule has 2 nitrogen and oxygen atoms in total. The van der Waals surface area contributed by atoms with E-state index in [1.807, 2.05) is 0 Å². The molecule has 0 atom stereocenters. The van der Waals surface area contributed by atoms with Crippen molar-refractivity contribution in [2.24, 2.45) is 0 Å². The minimum absolute atomic E-state index is 0.353. The molecule has 1 aromatic heterocycles. The zero-order valence-electron chi connectivity index (χ0n) is 16.0. The van der Waals surface area contributed by atoms with Crippen LogP contribution in [0, 0.1) is 0 Å². The monoisotopic (exact) mass is 351 g/mol. The molecule has 0 aliphatic heterocycles. The highest BCUT2D eigenvalue weighted by molar-refractivity contribution is 6.07. The molecule has 0 spiro atoms. The fourth-order valence-corrected chi connectivity index (χ4v) is 4.04. The number of para-hydroxylation sites is 2. The van der Waals surface area contributed by atoms with Gasteiger partial charge in [0.25, 0.3) is 0 Å². The average Bonchev–Trinajstić information content (AvgIpc) is 3.00. The maximum Gasteiger partial charge on any atom is 0.0491 e. The van der Waals surface area contributed by atoms with E-state index in [9.17, 15) is 0 Å². The Labute approximate surface area is 157 Å². The van der Waals surface area contributed by atoms with Gasteiger partial charge in [0.05, 0.1) is 0 Å². The molecule has 0 saturated carbocycles. The summed E-state index contributed by atoms with van der Waals surface area (Å²) in [5, 5.41) is 11.5. The number of aliphatic hydroxyl groups excluding tert-OH is 1. The molecule has 0 fully saturated rings. The first-order chi connectivity index (χ1) is 12.9. The van der Waals surface area contributed by atoms with Crippen LogP contribution < -0.4 is 0 Å². The first kappa shape index (κ1) is 19.0. The van der Waals surface area contributed by atoms with Gasteiger partial charge in [-0.1, -0.05) is 87.8 Å². The standard InChI is InChI=1S/C24H33NO/c26-20-14-8-6-4-2-1-3-5-7-13-19-25-23-17-11-9-15-21(23)22-16-10-12-18-24(22)25/h9-12,15-18,26H,1-8,13-14,19-20H2. The summed E-state index contributed by atoms with van der Waals surface area (Å²) < 4.78 is 2.51. The van der Waals surface area contributed by atoms with Gasteiger partial charge in [0, 0.05) is 35.0 Å². The van der Waals surface area contributed by atoms with Crippen LogP contribution in [-0.2, 0) is 6.54 Å². The summed E-state index contributed by atoms with van der Waals surface area (Å²) in [7, 11) is 0. The van der Waals surface area contributed by atoms with Gasteiger partial charge in [0.1, 0.15) is 0 Å². The Morgan fingerprint density at radius 1 is 0.538 bits per heavy atom. The van der Waals surface area contributed by atoms with Gasteiger partial charge in [0.15, 0.2) is 0 Å². The number of aromatic nitrogens is 1. The molecular weight excluding hydrogens is 318 g/mol. The van der Waals surface area contributed by atoms with Crippen molar-refractivity contribution in [3.8, 4) is 0 Å². The number of aliphatic hydroxyl groups is 1. The molecule has 26 heavy (non-hydrogen) atoms. The predicted octanol–water partition coefficient (Wildman–Crippen LogP) is 6.69. The number of fused-ring (bicyclic) bond motifs is 3. The number of rotatable bonds is 12. The van der Waals surface area contributed by atoms with E-state index in [1.54, 1.807) is 0 Å². The Balaban J connectivity index is 1.41. The van der Waals surface area contributed by atoms with Crippen LogP contribution in [0.2, 0.25) is 0 Å². The highest BCUT2D eigenvalue weighted by Crippen LogP contribution is 2.29. The van der Waals surface area contributed by atoms with Crippen LogP contribution in [0.5, 0.6) is 0 Å². The molecule has 3 aromatic rings. The van der Waals surface area contributed by atoms with Crippen LogP contribution in [0.1, 0.15) is 64.2 Å². The third-order valence-corrected chi connectivity index (χ3v) is 5.47. The van der Waals surface area contributed by atoms with Gasteiger partial charge in [-0.05, 0) is 25.0 Å². The number of benzene rings is 2.